The van der Waals surface area contributed by atoms with E-state index in [4.69, 9.17) is 0 Å². The van der Waals surface area contributed by atoms with E-state index < -0.39 is 0 Å². The molecule has 0 fully saturated rings. The van der Waals surface area contributed by atoms with Crippen LogP contribution in [0.1, 0.15) is 32.5 Å². The van der Waals surface area contributed by atoms with Crippen molar-refractivity contribution in [2.24, 2.45) is 0 Å². The minimum atomic E-state index is 0. The fourth-order valence-corrected chi connectivity index (χ4v) is 1.50. The summed E-state index contributed by atoms with van der Waals surface area (Å²) in [5, 5.41) is 0. The van der Waals surface area contributed by atoms with E-state index >= 15 is 0 Å². The van der Waals surface area contributed by atoms with Gasteiger partial charge in [0.15, 0.2) is 0 Å². The monoisotopic (exact) mass is 202 g/mol. The van der Waals surface area contributed by atoms with Crippen LogP contribution in [0.25, 0.3) is 0 Å². The normalized spacial score (nSPS) is 9.77. The highest BCUT2D eigenvalue weighted by Gasteiger charge is 2.09. The van der Waals surface area contributed by atoms with E-state index in [2.05, 4.69) is 42.3 Å². The van der Waals surface area contributed by atoms with E-state index in [0.29, 0.717) is 0 Å². The van der Waals surface area contributed by atoms with Crippen LogP contribution in [0.15, 0.2) is 12.4 Å². The summed E-state index contributed by atoms with van der Waals surface area (Å²) in [6.07, 6.45) is 6.77. The summed E-state index contributed by atoms with van der Waals surface area (Å²) in [4.78, 5) is 0. The minimum Gasteiger partial charge on any atom is -1.00 e. The molecule has 0 aliphatic carbocycles. The Hall–Kier alpha value is -0.500. The Labute approximate surface area is 87.0 Å². The lowest BCUT2D eigenvalue weighted by molar-refractivity contribution is -0.702. The van der Waals surface area contributed by atoms with Crippen molar-refractivity contribution in [3.05, 3.63) is 18.2 Å². The number of aryl methyl sites for hydroxylation is 2. The molecule has 0 bridgehead atoms. The van der Waals surface area contributed by atoms with E-state index in [1.54, 1.807) is 0 Å². The van der Waals surface area contributed by atoms with E-state index in [1.165, 1.54) is 18.7 Å². The molecule has 1 rings (SSSR count). The lowest BCUT2D eigenvalue weighted by Crippen LogP contribution is -3.00. The molecule has 0 saturated heterocycles. The zero-order valence-electron chi connectivity index (χ0n) is 8.76. The molecule has 0 radical (unpaired) electrons. The van der Waals surface area contributed by atoms with Crippen molar-refractivity contribution in [1.29, 1.82) is 0 Å². The number of rotatable bonds is 4. The lowest BCUT2D eigenvalue weighted by atomic mass is 10.4. The van der Waals surface area contributed by atoms with Gasteiger partial charge in [0.25, 0.3) is 5.82 Å². The molecule has 0 unspecified atom stereocenters. The summed E-state index contributed by atoms with van der Waals surface area (Å²) >= 11 is 0. The van der Waals surface area contributed by atoms with Crippen LogP contribution in [0.4, 0.5) is 0 Å². The SMILES string of the molecule is CCCn1cc[n+](CCC)c1C.[Cl-]. The van der Waals surface area contributed by atoms with Gasteiger partial charge in [0.2, 0.25) is 0 Å². The Morgan fingerprint density at radius 1 is 1.31 bits per heavy atom. The second-order valence-corrected chi connectivity index (χ2v) is 3.23. The molecule has 0 aliphatic rings. The van der Waals surface area contributed by atoms with E-state index in [-0.39, 0.29) is 12.4 Å². The Balaban J connectivity index is 0.00000144. The smallest absolute Gasteiger partial charge is 0.253 e. The maximum Gasteiger partial charge on any atom is 0.253 e. The molecule has 1 aromatic rings. The van der Waals surface area contributed by atoms with Gasteiger partial charge in [-0.2, -0.15) is 0 Å². The van der Waals surface area contributed by atoms with Crippen LogP contribution < -0.4 is 17.0 Å². The first kappa shape index (κ1) is 12.5. The van der Waals surface area contributed by atoms with Crippen LogP contribution >= 0.6 is 0 Å². The molecule has 13 heavy (non-hydrogen) atoms. The van der Waals surface area contributed by atoms with Crippen molar-refractivity contribution in [3.63, 3.8) is 0 Å². The fraction of sp³-hybridized carbons (Fsp3) is 0.700. The molecule has 0 N–H and O–H groups in total. The molecule has 76 valence electrons. The van der Waals surface area contributed by atoms with Gasteiger partial charge < -0.3 is 12.4 Å². The third-order valence-electron chi connectivity index (χ3n) is 2.19. The Kier molecular flexibility index (Phi) is 5.80. The average Bonchev–Trinajstić information content (AvgIpc) is 2.38. The number of aromatic nitrogens is 2. The Morgan fingerprint density at radius 3 is 2.54 bits per heavy atom. The first-order valence-corrected chi connectivity index (χ1v) is 4.84. The summed E-state index contributed by atoms with van der Waals surface area (Å²) in [6, 6.07) is 0. The van der Waals surface area contributed by atoms with E-state index in [9.17, 15) is 0 Å². The quantitative estimate of drug-likeness (QED) is 0.549. The first-order valence-electron chi connectivity index (χ1n) is 4.84. The van der Waals surface area contributed by atoms with E-state index in [1.807, 2.05) is 0 Å². The van der Waals surface area contributed by atoms with Crippen molar-refractivity contribution in [2.75, 3.05) is 0 Å². The van der Waals surface area contributed by atoms with Crippen LogP contribution in [0.3, 0.4) is 0 Å². The molecular weight excluding hydrogens is 184 g/mol. The molecule has 2 nitrogen and oxygen atoms in total. The molecule has 1 aromatic heterocycles. The zero-order chi connectivity index (χ0) is 8.97. The van der Waals surface area contributed by atoms with Gasteiger partial charge >= 0.3 is 0 Å². The van der Waals surface area contributed by atoms with Crippen molar-refractivity contribution in [1.82, 2.24) is 4.57 Å². The molecule has 1 heterocycles. The molecule has 0 amide bonds. The van der Waals surface area contributed by atoms with Gasteiger partial charge in [-0.3, -0.25) is 0 Å². The predicted octanol–water partition coefficient (Wildman–Crippen LogP) is -1.09. The molecule has 0 aromatic carbocycles. The summed E-state index contributed by atoms with van der Waals surface area (Å²) < 4.78 is 4.63. The van der Waals surface area contributed by atoms with E-state index in [0.717, 1.165) is 13.1 Å². The predicted molar refractivity (Wildman–Crippen MR) is 49.9 cm³/mol. The molecular formula is C10H19ClN2. The zero-order valence-corrected chi connectivity index (χ0v) is 9.51. The molecule has 0 aliphatic heterocycles. The molecule has 3 heteroatoms. The van der Waals surface area contributed by atoms with Gasteiger partial charge in [0.05, 0.1) is 13.1 Å². The maximum atomic E-state index is 2.32. The maximum absolute atomic E-state index is 2.32. The highest BCUT2D eigenvalue weighted by Crippen LogP contribution is 1.95. The topological polar surface area (TPSA) is 8.81 Å². The largest absolute Gasteiger partial charge is 1.00 e. The van der Waals surface area contributed by atoms with Crippen LogP contribution in [0, 0.1) is 6.92 Å². The van der Waals surface area contributed by atoms with Crippen molar-refractivity contribution in [2.45, 2.75) is 46.7 Å². The molecule has 0 atom stereocenters. The van der Waals surface area contributed by atoms with Crippen molar-refractivity contribution in [3.8, 4) is 0 Å². The second-order valence-electron chi connectivity index (χ2n) is 3.23. The Morgan fingerprint density at radius 2 is 2.00 bits per heavy atom. The number of nitrogens with zero attached hydrogens (tertiary/aromatic N) is 2. The second kappa shape index (κ2) is 6.03. The first-order chi connectivity index (χ1) is 5.79. The number of hydrogen-bond acceptors (Lipinski definition) is 0. The van der Waals surface area contributed by atoms with Crippen molar-refractivity contribution < 1.29 is 17.0 Å². The third-order valence-corrected chi connectivity index (χ3v) is 2.19. The summed E-state index contributed by atoms with van der Waals surface area (Å²) in [5.74, 6) is 1.37. The highest BCUT2D eigenvalue weighted by atomic mass is 35.5. The van der Waals surface area contributed by atoms with Gasteiger partial charge in [0, 0.05) is 6.92 Å². The standard InChI is InChI=1S/C10H19N2.ClH/c1-4-6-11-8-9-12(7-5-2)10(11)3;/h8-9H,4-7H2,1-3H3;1H/q+1;/p-1. The lowest BCUT2D eigenvalue weighted by Gasteiger charge is -1.97. The van der Waals surface area contributed by atoms with Crippen LogP contribution in [-0.2, 0) is 13.1 Å². The minimum absolute atomic E-state index is 0. The molecule has 0 saturated carbocycles. The van der Waals surface area contributed by atoms with Gasteiger partial charge in [0.1, 0.15) is 12.4 Å². The van der Waals surface area contributed by atoms with Crippen LogP contribution in [-0.4, -0.2) is 4.57 Å². The number of halogens is 1. The average molecular weight is 203 g/mol. The fourth-order valence-electron chi connectivity index (χ4n) is 1.50. The van der Waals surface area contributed by atoms with Gasteiger partial charge in [-0.15, -0.1) is 0 Å². The summed E-state index contributed by atoms with van der Waals surface area (Å²) in [7, 11) is 0. The van der Waals surface area contributed by atoms with Gasteiger partial charge in [-0.1, -0.05) is 13.8 Å². The number of hydrogen-bond donors (Lipinski definition) is 0. The molecule has 0 spiro atoms. The van der Waals surface area contributed by atoms with Gasteiger partial charge in [-0.25, -0.2) is 9.13 Å². The summed E-state index contributed by atoms with van der Waals surface area (Å²) in [6.45, 7) is 8.89. The summed E-state index contributed by atoms with van der Waals surface area (Å²) in [5.41, 5.74) is 0. The van der Waals surface area contributed by atoms with Crippen LogP contribution in [0.5, 0.6) is 0 Å². The third kappa shape index (κ3) is 3.03. The highest BCUT2D eigenvalue weighted by molar-refractivity contribution is 4.78. The Bertz CT molecular complexity index is 220. The van der Waals surface area contributed by atoms with Gasteiger partial charge in [-0.05, 0) is 12.8 Å². The van der Waals surface area contributed by atoms with Crippen molar-refractivity contribution >= 4 is 0 Å². The number of imidazole rings is 1. The van der Waals surface area contributed by atoms with Crippen LogP contribution in [0.2, 0.25) is 0 Å².